The highest BCUT2D eigenvalue weighted by molar-refractivity contribution is 7.20. The van der Waals surface area contributed by atoms with Crippen molar-refractivity contribution in [2.24, 2.45) is 0 Å². The molecule has 44 heavy (non-hydrogen) atoms. The number of imidazole rings is 2. The second-order valence-corrected chi connectivity index (χ2v) is 11.9. The van der Waals surface area contributed by atoms with Crippen LogP contribution in [0.25, 0.3) is 10.3 Å². The number of halogens is 2. The van der Waals surface area contributed by atoms with E-state index in [4.69, 9.17) is 26.1 Å². The van der Waals surface area contributed by atoms with E-state index in [0.717, 1.165) is 60.4 Å². The molecule has 0 N–H and O–H groups in total. The fourth-order valence-electron chi connectivity index (χ4n) is 5.17. The number of thiophene rings is 1. The van der Waals surface area contributed by atoms with Crippen molar-refractivity contribution >= 4 is 45.1 Å². The Hall–Kier alpha value is -4.00. The Balaban J connectivity index is 1.13. The molecular formula is C31H33ClFN7O3S. The number of rotatable bonds is 11. The van der Waals surface area contributed by atoms with Gasteiger partial charge < -0.3 is 23.5 Å². The van der Waals surface area contributed by atoms with Gasteiger partial charge in [0.05, 0.1) is 37.2 Å². The van der Waals surface area contributed by atoms with E-state index in [9.17, 15) is 9.18 Å². The third-order valence-corrected chi connectivity index (χ3v) is 8.77. The molecule has 4 aromatic heterocycles. The number of nitrogens with zero attached hydrogens (tertiary/aromatic N) is 7. The Morgan fingerprint density at radius 1 is 1.07 bits per heavy atom. The number of hydrogen-bond donors (Lipinski definition) is 0. The molecule has 1 aromatic carbocycles. The summed E-state index contributed by atoms with van der Waals surface area (Å²) in [7, 11) is 0. The molecule has 0 amide bonds. The van der Waals surface area contributed by atoms with E-state index in [0.29, 0.717) is 41.0 Å². The van der Waals surface area contributed by atoms with Crippen molar-refractivity contribution in [3.8, 4) is 5.88 Å². The van der Waals surface area contributed by atoms with Gasteiger partial charge in [-0.25, -0.2) is 19.2 Å². The predicted molar refractivity (Wildman–Crippen MR) is 168 cm³/mol. The Morgan fingerprint density at radius 3 is 2.66 bits per heavy atom. The summed E-state index contributed by atoms with van der Waals surface area (Å²) >= 11 is 7.22. The van der Waals surface area contributed by atoms with Crippen LogP contribution in [0.1, 0.15) is 40.6 Å². The summed E-state index contributed by atoms with van der Waals surface area (Å²) in [5.74, 6) is 1.47. The minimum atomic E-state index is -0.402. The molecule has 0 unspecified atom stereocenters. The van der Waals surface area contributed by atoms with Crippen LogP contribution in [0.15, 0.2) is 55.0 Å². The zero-order valence-corrected chi connectivity index (χ0v) is 26.2. The highest BCUT2D eigenvalue weighted by atomic mass is 35.5. The van der Waals surface area contributed by atoms with Gasteiger partial charge in [0.15, 0.2) is 0 Å². The lowest BCUT2D eigenvalue weighted by molar-refractivity contribution is 0.0532. The Kier molecular flexibility index (Phi) is 9.10. The molecule has 1 fully saturated rings. The van der Waals surface area contributed by atoms with Crippen molar-refractivity contribution in [1.29, 1.82) is 0 Å². The molecule has 13 heteroatoms. The van der Waals surface area contributed by atoms with Gasteiger partial charge in [-0.15, -0.1) is 11.3 Å². The van der Waals surface area contributed by atoms with Crippen LogP contribution in [0.4, 0.5) is 10.2 Å². The molecule has 0 radical (unpaired) electrons. The van der Waals surface area contributed by atoms with Crippen molar-refractivity contribution in [3.63, 3.8) is 0 Å². The van der Waals surface area contributed by atoms with Gasteiger partial charge in [0.2, 0.25) is 5.88 Å². The highest BCUT2D eigenvalue weighted by Gasteiger charge is 2.23. The summed E-state index contributed by atoms with van der Waals surface area (Å²) < 4.78 is 29.4. The maximum atomic E-state index is 14.2. The minimum Gasteiger partial charge on any atom is -0.473 e. The first-order valence-corrected chi connectivity index (χ1v) is 15.8. The monoisotopic (exact) mass is 637 g/mol. The van der Waals surface area contributed by atoms with Gasteiger partial charge in [0, 0.05) is 55.6 Å². The number of aryl methyl sites for hydroxylation is 1. The van der Waals surface area contributed by atoms with E-state index in [1.165, 1.54) is 17.4 Å². The van der Waals surface area contributed by atoms with Crippen molar-refractivity contribution in [2.75, 3.05) is 37.7 Å². The van der Waals surface area contributed by atoms with Crippen molar-refractivity contribution in [2.45, 2.75) is 40.1 Å². The van der Waals surface area contributed by atoms with Gasteiger partial charge in [0.1, 0.15) is 33.8 Å². The number of hydrogen-bond acceptors (Lipinski definition) is 9. The molecular weight excluding hydrogens is 605 g/mol. The van der Waals surface area contributed by atoms with Gasteiger partial charge in [-0.1, -0.05) is 23.7 Å². The molecule has 5 heterocycles. The quantitative estimate of drug-likeness (QED) is 0.172. The van der Waals surface area contributed by atoms with Crippen molar-refractivity contribution < 1.29 is 18.7 Å². The SMILES string of the molecule is CCOC(=O)c1cc2c(nc(CN3CCN(c4cccc(OCc5ccc(Cl)cc5F)n4)CC3)n2Cc2cn(CC)cn2)s1. The molecule has 1 saturated heterocycles. The zero-order chi connectivity index (χ0) is 30.6. The maximum absolute atomic E-state index is 14.2. The third kappa shape index (κ3) is 6.72. The first-order chi connectivity index (χ1) is 21.4. The highest BCUT2D eigenvalue weighted by Crippen LogP contribution is 2.29. The number of fused-ring (bicyclic) bond motifs is 1. The van der Waals surface area contributed by atoms with Crippen LogP contribution in [0, 0.1) is 5.82 Å². The number of carbonyl (C=O) groups excluding carboxylic acids is 1. The molecule has 0 spiro atoms. The van der Waals surface area contributed by atoms with Crippen molar-refractivity contribution in [1.82, 2.24) is 29.0 Å². The predicted octanol–water partition coefficient (Wildman–Crippen LogP) is 5.63. The number of aromatic nitrogens is 5. The molecule has 0 atom stereocenters. The normalized spacial score (nSPS) is 14.0. The van der Waals surface area contributed by atoms with Crippen LogP contribution < -0.4 is 9.64 Å². The van der Waals surface area contributed by atoms with E-state index >= 15 is 0 Å². The number of esters is 1. The summed E-state index contributed by atoms with van der Waals surface area (Å²) in [5, 5.41) is 0.348. The molecule has 10 nitrogen and oxygen atoms in total. The van der Waals surface area contributed by atoms with Gasteiger partial charge in [-0.2, -0.15) is 4.98 Å². The average Bonchev–Trinajstić information content (AvgIpc) is 3.74. The summed E-state index contributed by atoms with van der Waals surface area (Å²) in [6.45, 7) is 9.57. The van der Waals surface area contributed by atoms with Gasteiger partial charge in [-0.05, 0) is 38.1 Å². The van der Waals surface area contributed by atoms with Gasteiger partial charge >= 0.3 is 5.97 Å². The number of ether oxygens (including phenoxy) is 2. The van der Waals surface area contributed by atoms with Crippen LogP contribution in [0.3, 0.4) is 0 Å². The Bertz CT molecular complexity index is 1760. The minimum absolute atomic E-state index is 0.0668. The topological polar surface area (TPSA) is 90.5 Å². The molecule has 0 aliphatic carbocycles. The number of carbonyl (C=O) groups is 1. The lowest BCUT2D eigenvalue weighted by Crippen LogP contribution is -2.46. The summed E-state index contributed by atoms with van der Waals surface area (Å²) in [4.78, 5) is 32.6. The summed E-state index contributed by atoms with van der Waals surface area (Å²) in [6, 6.07) is 12.1. The van der Waals surface area contributed by atoms with Crippen LogP contribution in [0.2, 0.25) is 5.02 Å². The van der Waals surface area contributed by atoms with Gasteiger partial charge in [-0.3, -0.25) is 4.90 Å². The fourth-order valence-corrected chi connectivity index (χ4v) is 6.28. The zero-order valence-electron chi connectivity index (χ0n) is 24.6. The molecule has 1 aliphatic heterocycles. The van der Waals surface area contributed by atoms with Crippen molar-refractivity contribution in [3.05, 3.63) is 87.8 Å². The average molecular weight is 638 g/mol. The van der Waals surface area contributed by atoms with E-state index < -0.39 is 5.82 Å². The van der Waals surface area contributed by atoms with Gasteiger partial charge in [0.25, 0.3) is 0 Å². The summed E-state index contributed by atoms with van der Waals surface area (Å²) in [5.41, 5.74) is 2.27. The van der Waals surface area contributed by atoms with E-state index in [1.54, 1.807) is 25.1 Å². The molecule has 0 bridgehead atoms. The molecule has 1 aliphatic rings. The van der Waals surface area contributed by atoms with E-state index in [-0.39, 0.29) is 12.6 Å². The lowest BCUT2D eigenvalue weighted by atomic mass is 10.2. The van der Waals surface area contributed by atoms with Crippen LogP contribution >= 0.6 is 22.9 Å². The number of piperazine rings is 1. The van der Waals surface area contributed by atoms with E-state index in [2.05, 4.69) is 31.3 Å². The first kappa shape index (κ1) is 30.0. The molecule has 6 rings (SSSR count). The number of pyridine rings is 1. The van der Waals surface area contributed by atoms with Crippen LogP contribution in [0.5, 0.6) is 5.88 Å². The lowest BCUT2D eigenvalue weighted by Gasteiger charge is -2.35. The number of benzene rings is 1. The largest absolute Gasteiger partial charge is 0.473 e. The second kappa shape index (κ2) is 13.3. The molecule has 5 aromatic rings. The first-order valence-electron chi connectivity index (χ1n) is 14.6. The molecule has 0 saturated carbocycles. The standard InChI is InChI=1S/C31H33ClFN7O3S/c1-3-37-16-23(34-20-37)17-40-25-15-26(31(41)42-4-2)44-30(25)36-28(40)18-38-10-12-39(13-11-38)27-6-5-7-29(35-27)43-19-21-8-9-22(32)14-24(21)33/h5-9,14-16,20H,3-4,10-13,17-19H2,1-2H3. The molecule has 230 valence electrons. The van der Waals surface area contributed by atoms with Crippen LogP contribution in [-0.4, -0.2) is 67.7 Å². The Morgan fingerprint density at radius 2 is 1.91 bits per heavy atom. The summed E-state index contributed by atoms with van der Waals surface area (Å²) in [6.07, 6.45) is 3.88. The fraction of sp³-hybridized carbons (Fsp3) is 0.355. The second-order valence-electron chi connectivity index (χ2n) is 10.5. The third-order valence-electron chi connectivity index (χ3n) is 7.54. The number of anilines is 1. The smallest absolute Gasteiger partial charge is 0.348 e. The van der Waals surface area contributed by atoms with Crippen LogP contribution in [-0.2, 0) is 31.0 Å². The van der Waals surface area contributed by atoms with E-state index in [1.807, 2.05) is 35.3 Å². The maximum Gasteiger partial charge on any atom is 0.348 e. The Labute approximate surface area is 263 Å².